The van der Waals surface area contributed by atoms with Crippen molar-refractivity contribution in [3.05, 3.63) is 58.1 Å². The fraction of sp³-hybridized carbons (Fsp3) is 0.385. The van der Waals surface area contributed by atoms with Gasteiger partial charge in [-0.2, -0.15) is 13.2 Å². The molecule has 2 aromatic rings. The van der Waals surface area contributed by atoms with Crippen LogP contribution in [0, 0.1) is 0 Å². The van der Waals surface area contributed by atoms with Gasteiger partial charge >= 0.3 is 12.1 Å². The van der Waals surface area contributed by atoms with Crippen LogP contribution in [0.1, 0.15) is 47.8 Å². The summed E-state index contributed by atoms with van der Waals surface area (Å²) in [5.74, 6) is -2.99. The van der Waals surface area contributed by atoms with Crippen molar-refractivity contribution in [1.29, 1.82) is 0 Å². The Bertz CT molecular complexity index is 1350. The molecule has 0 radical (unpaired) electrons. The van der Waals surface area contributed by atoms with Crippen LogP contribution in [0.15, 0.2) is 41.4 Å². The highest BCUT2D eigenvalue weighted by Crippen LogP contribution is 2.42. The average Bonchev–Trinajstić information content (AvgIpc) is 2.86. The summed E-state index contributed by atoms with van der Waals surface area (Å²) in [6, 6.07) is 6.02. The highest BCUT2D eigenvalue weighted by Gasteiger charge is 2.48. The molecular weight excluding hydrogens is 574 g/mol. The van der Waals surface area contributed by atoms with Gasteiger partial charge in [0.05, 0.1) is 37.5 Å². The number of aliphatic imine (C=N–C) groups is 1. The zero-order valence-electron chi connectivity index (χ0n) is 21.9. The maximum absolute atomic E-state index is 13.6. The van der Waals surface area contributed by atoms with Gasteiger partial charge < -0.3 is 31.5 Å². The quantitative estimate of drug-likeness (QED) is 0.240. The molecule has 10 nitrogen and oxygen atoms in total. The van der Waals surface area contributed by atoms with Crippen LogP contribution in [0.4, 0.5) is 23.2 Å². The van der Waals surface area contributed by atoms with Crippen LogP contribution < -0.4 is 21.3 Å². The van der Waals surface area contributed by atoms with Crippen molar-refractivity contribution < 1.29 is 42.2 Å². The standard InChI is InChI=1S/C26H28ClF4N5O5/c1-25(2,26(29,30)31)15-3-13(4-16(27)7-15)20(9-22(39)40)36-21(38)12-32-23(41)14-5-18(8-19(37)6-14)35-24-33-10-17(28)11-34-24/h3-8,17,20,37H,9-12H2,1-2H3,(H,32,41)(H,36,38)(H,39,40)(H2,33,34,35)/t20-/m0/s1. The lowest BCUT2D eigenvalue weighted by Gasteiger charge is -2.29. The third kappa shape index (κ3) is 8.46. The van der Waals surface area contributed by atoms with Gasteiger partial charge in [-0.3, -0.25) is 14.4 Å². The first-order valence-electron chi connectivity index (χ1n) is 12.3. The summed E-state index contributed by atoms with van der Waals surface area (Å²) in [5, 5.41) is 29.5. The van der Waals surface area contributed by atoms with Crippen LogP contribution in [0.2, 0.25) is 5.02 Å². The summed E-state index contributed by atoms with van der Waals surface area (Å²) in [5.41, 5.74) is -2.30. The van der Waals surface area contributed by atoms with Crippen LogP contribution in [0.3, 0.4) is 0 Å². The minimum Gasteiger partial charge on any atom is -0.508 e. The molecule has 222 valence electrons. The van der Waals surface area contributed by atoms with Gasteiger partial charge in [0.2, 0.25) is 5.91 Å². The van der Waals surface area contributed by atoms with Gasteiger partial charge in [-0.1, -0.05) is 17.7 Å². The third-order valence-corrected chi connectivity index (χ3v) is 6.48. The number of aromatic hydroxyl groups is 1. The average molecular weight is 602 g/mol. The van der Waals surface area contributed by atoms with Gasteiger partial charge in [0, 0.05) is 22.3 Å². The molecule has 0 spiro atoms. The Morgan fingerprint density at radius 2 is 1.85 bits per heavy atom. The second-order valence-electron chi connectivity index (χ2n) is 9.86. The molecule has 1 aliphatic rings. The molecule has 1 aliphatic heterocycles. The first kappa shape index (κ1) is 31.5. The van der Waals surface area contributed by atoms with Crippen molar-refractivity contribution >= 4 is 41.0 Å². The number of carbonyl (C=O) groups excluding carboxylic acids is 2. The summed E-state index contributed by atoms with van der Waals surface area (Å²) in [7, 11) is 0. The summed E-state index contributed by atoms with van der Waals surface area (Å²) >= 11 is 6.05. The Balaban J connectivity index is 1.71. The maximum Gasteiger partial charge on any atom is 0.397 e. The molecule has 0 saturated heterocycles. The van der Waals surface area contributed by atoms with Crippen LogP contribution in [0.25, 0.3) is 0 Å². The van der Waals surface area contributed by atoms with E-state index < -0.39 is 54.6 Å². The van der Waals surface area contributed by atoms with Crippen molar-refractivity contribution in [2.75, 3.05) is 25.0 Å². The first-order chi connectivity index (χ1) is 19.0. The molecule has 6 N–H and O–H groups in total. The number of nitrogens with one attached hydrogen (secondary N) is 4. The fourth-order valence-electron chi connectivity index (χ4n) is 3.83. The molecule has 3 rings (SSSR count). The van der Waals surface area contributed by atoms with Crippen LogP contribution in [-0.4, -0.2) is 65.9 Å². The largest absolute Gasteiger partial charge is 0.508 e. The van der Waals surface area contributed by atoms with Crippen LogP contribution >= 0.6 is 11.6 Å². The summed E-state index contributed by atoms with van der Waals surface area (Å²) in [6.45, 7) is 1.25. The number of halogens is 5. The van der Waals surface area contributed by atoms with E-state index in [1.165, 1.54) is 18.2 Å². The number of hydrogen-bond donors (Lipinski definition) is 6. The Labute approximate surface area is 237 Å². The summed E-state index contributed by atoms with van der Waals surface area (Å²) in [4.78, 5) is 40.7. The number of carboxylic acids is 1. The van der Waals surface area contributed by atoms with Crippen LogP contribution in [-0.2, 0) is 15.0 Å². The number of carbonyl (C=O) groups is 3. The second-order valence-corrected chi connectivity index (χ2v) is 10.3. The van der Waals surface area contributed by atoms with E-state index in [0.29, 0.717) is 0 Å². The van der Waals surface area contributed by atoms with E-state index in [-0.39, 0.29) is 52.2 Å². The third-order valence-electron chi connectivity index (χ3n) is 6.26. The molecule has 15 heteroatoms. The molecule has 2 aromatic carbocycles. The van der Waals surface area contributed by atoms with E-state index in [1.807, 2.05) is 0 Å². The molecule has 0 fully saturated rings. The van der Waals surface area contributed by atoms with Gasteiger partial charge in [0.1, 0.15) is 11.9 Å². The van der Waals surface area contributed by atoms with Crippen molar-refractivity contribution in [2.24, 2.45) is 4.99 Å². The zero-order chi connectivity index (χ0) is 30.5. The molecule has 1 unspecified atom stereocenters. The molecule has 2 atom stereocenters. The van der Waals surface area contributed by atoms with Crippen molar-refractivity contribution in [3.63, 3.8) is 0 Å². The number of benzene rings is 2. The Morgan fingerprint density at radius 3 is 2.46 bits per heavy atom. The number of guanidine groups is 1. The number of anilines is 1. The highest BCUT2D eigenvalue weighted by atomic mass is 35.5. The fourth-order valence-corrected chi connectivity index (χ4v) is 4.07. The number of phenolic OH excluding ortho intramolecular Hbond substituents is 1. The number of rotatable bonds is 9. The predicted octanol–water partition coefficient (Wildman–Crippen LogP) is 3.66. The first-order valence-corrected chi connectivity index (χ1v) is 12.6. The Morgan fingerprint density at radius 1 is 1.15 bits per heavy atom. The monoisotopic (exact) mass is 601 g/mol. The molecule has 1 heterocycles. The molecule has 2 amide bonds. The summed E-state index contributed by atoms with van der Waals surface area (Å²) in [6.07, 6.45) is -6.45. The van der Waals surface area contributed by atoms with Crippen molar-refractivity contribution in [1.82, 2.24) is 16.0 Å². The molecule has 0 aromatic heterocycles. The number of aliphatic carboxylic acids is 1. The number of phenols is 1. The number of amides is 2. The van der Waals surface area contributed by atoms with E-state index in [1.54, 1.807) is 0 Å². The SMILES string of the molecule is CC(C)(c1cc(Cl)cc([C@H](CC(=O)O)NC(=O)CNC(=O)c2cc(O)cc(NC3=NCC(F)CN3)c2)c1)C(F)(F)F. The van der Waals surface area contributed by atoms with Gasteiger partial charge in [0.15, 0.2) is 5.96 Å². The highest BCUT2D eigenvalue weighted by molar-refractivity contribution is 6.30. The minimum absolute atomic E-state index is 0.0343. The minimum atomic E-state index is -4.64. The van der Waals surface area contributed by atoms with E-state index in [2.05, 4.69) is 26.3 Å². The lowest BCUT2D eigenvalue weighted by molar-refractivity contribution is -0.180. The Kier molecular flexibility index (Phi) is 9.69. The topological polar surface area (TPSA) is 152 Å². The smallest absolute Gasteiger partial charge is 0.397 e. The molecule has 0 saturated carbocycles. The number of nitrogens with zero attached hydrogens (tertiary/aromatic N) is 1. The normalized spacial score (nSPS) is 16.2. The van der Waals surface area contributed by atoms with Gasteiger partial charge in [-0.05, 0) is 49.2 Å². The van der Waals surface area contributed by atoms with E-state index >= 15 is 0 Å². The Hall–Kier alpha value is -4.07. The number of carboxylic acid groups (broad SMARTS) is 1. The maximum atomic E-state index is 13.6. The zero-order valence-corrected chi connectivity index (χ0v) is 22.7. The molecule has 0 aliphatic carbocycles. The van der Waals surface area contributed by atoms with Gasteiger partial charge in [-0.15, -0.1) is 0 Å². The van der Waals surface area contributed by atoms with Crippen molar-refractivity contribution in [3.8, 4) is 5.75 Å². The van der Waals surface area contributed by atoms with Crippen molar-refractivity contribution in [2.45, 2.75) is 44.1 Å². The molecule has 41 heavy (non-hydrogen) atoms. The van der Waals surface area contributed by atoms with Gasteiger partial charge in [0.25, 0.3) is 5.91 Å². The predicted molar refractivity (Wildman–Crippen MR) is 143 cm³/mol. The van der Waals surface area contributed by atoms with E-state index in [0.717, 1.165) is 32.0 Å². The lowest BCUT2D eigenvalue weighted by atomic mass is 9.82. The van der Waals surface area contributed by atoms with E-state index in [4.69, 9.17) is 11.6 Å². The van der Waals surface area contributed by atoms with Crippen LogP contribution in [0.5, 0.6) is 5.75 Å². The lowest BCUT2D eigenvalue weighted by Crippen LogP contribution is -2.41. The molecular formula is C26H28ClF4N5O5. The number of hydrogen-bond acceptors (Lipinski definition) is 7. The molecule has 0 bridgehead atoms. The summed E-state index contributed by atoms with van der Waals surface area (Å²) < 4.78 is 54.1. The van der Waals surface area contributed by atoms with Gasteiger partial charge in [-0.25, -0.2) is 9.38 Å². The second kappa shape index (κ2) is 12.6. The number of alkyl halides is 4. The van der Waals surface area contributed by atoms with E-state index in [9.17, 15) is 42.2 Å².